The zero-order chi connectivity index (χ0) is 21.5. The van der Waals surface area contributed by atoms with Crippen LogP contribution in [0.2, 0.25) is 0 Å². The molecule has 0 radical (unpaired) electrons. The molecule has 158 valence electrons. The summed E-state index contributed by atoms with van der Waals surface area (Å²) in [5.74, 6) is 0. The minimum absolute atomic E-state index is 0.182. The van der Waals surface area contributed by atoms with Crippen LogP contribution >= 0.6 is 7.60 Å². The molecule has 0 aromatic heterocycles. The van der Waals surface area contributed by atoms with Gasteiger partial charge in [0.15, 0.2) is 0 Å². The third-order valence-electron chi connectivity index (χ3n) is 5.57. The summed E-state index contributed by atoms with van der Waals surface area (Å²) >= 11 is -3.85. The van der Waals surface area contributed by atoms with Gasteiger partial charge in [-0.1, -0.05) is 0 Å². The zero-order valence-corrected chi connectivity index (χ0v) is 21.8. The molecule has 1 unspecified atom stereocenters. The van der Waals surface area contributed by atoms with Crippen LogP contribution in [-0.4, -0.2) is 35.3 Å². The van der Waals surface area contributed by atoms with Crippen LogP contribution in [0.5, 0.6) is 0 Å². The van der Waals surface area contributed by atoms with Gasteiger partial charge < -0.3 is 0 Å². The van der Waals surface area contributed by atoms with Gasteiger partial charge in [0.25, 0.3) is 0 Å². The molecule has 0 fully saturated rings. The van der Waals surface area contributed by atoms with Crippen molar-refractivity contribution in [3.63, 3.8) is 0 Å². The van der Waals surface area contributed by atoms with E-state index in [2.05, 4.69) is 79.7 Å². The van der Waals surface area contributed by atoms with Gasteiger partial charge in [-0.05, 0) is 0 Å². The van der Waals surface area contributed by atoms with E-state index in [0.29, 0.717) is 13.2 Å². The molecule has 0 aliphatic rings. The summed E-state index contributed by atoms with van der Waals surface area (Å²) < 4.78 is 30.0. The number of hydrogen-bond donors (Lipinski definition) is 0. The van der Waals surface area contributed by atoms with Gasteiger partial charge >= 0.3 is 185 Å². The summed E-state index contributed by atoms with van der Waals surface area (Å²) in [6.07, 6.45) is 0.728. The summed E-state index contributed by atoms with van der Waals surface area (Å²) in [6.45, 7) is 6.64. The fourth-order valence-corrected chi connectivity index (χ4v) is 29.0. The van der Waals surface area contributed by atoms with E-state index in [1.54, 1.807) is 0 Å². The Kier molecular flexibility index (Phi) is 8.35. The fourth-order valence-electron chi connectivity index (χ4n) is 4.52. The molecule has 0 bridgehead atoms. The average Bonchev–Trinajstić information content (AvgIpc) is 2.79. The molecule has 0 saturated heterocycles. The molecule has 30 heavy (non-hydrogen) atoms. The Labute approximate surface area is 184 Å². The Morgan fingerprint density at radius 3 is 1.27 bits per heavy atom. The van der Waals surface area contributed by atoms with Crippen molar-refractivity contribution in [3.8, 4) is 0 Å². The molecular weight excluding hydrogens is 498 g/mol. The van der Waals surface area contributed by atoms with Gasteiger partial charge in [0, 0.05) is 0 Å². The Hall–Kier alpha value is -1.39. The van der Waals surface area contributed by atoms with Gasteiger partial charge in [-0.15, -0.1) is 0 Å². The van der Waals surface area contributed by atoms with Crippen LogP contribution in [0.1, 0.15) is 27.2 Å². The molecule has 1 atom stereocenters. The van der Waals surface area contributed by atoms with E-state index in [0.717, 1.165) is 6.42 Å². The van der Waals surface area contributed by atoms with E-state index in [1.165, 1.54) is 10.7 Å². The Morgan fingerprint density at radius 2 is 1.00 bits per heavy atom. The fraction of sp³-hybridized carbons (Fsp3) is 0.280. The minimum atomic E-state index is -3.85. The van der Waals surface area contributed by atoms with Crippen LogP contribution in [0, 0.1) is 0 Å². The van der Waals surface area contributed by atoms with Gasteiger partial charge in [-0.2, -0.15) is 0 Å². The van der Waals surface area contributed by atoms with Gasteiger partial charge in [-0.25, -0.2) is 0 Å². The second-order valence-electron chi connectivity index (χ2n) is 7.21. The van der Waals surface area contributed by atoms with Gasteiger partial charge in [0.1, 0.15) is 0 Å². The molecule has 3 aromatic carbocycles. The molecule has 3 rings (SSSR count). The maximum atomic E-state index is 14.3. The topological polar surface area (TPSA) is 35.5 Å². The van der Waals surface area contributed by atoms with Gasteiger partial charge in [0.2, 0.25) is 0 Å². The Balaban J connectivity index is 2.42. The molecule has 0 spiro atoms. The third kappa shape index (κ3) is 4.45. The normalized spacial score (nSPS) is 13.2. The zero-order valence-electron chi connectivity index (χ0n) is 18.0. The second-order valence-corrected chi connectivity index (χ2v) is 22.4. The summed E-state index contributed by atoms with van der Waals surface area (Å²) in [6, 6.07) is 31.9. The first kappa shape index (κ1) is 23.3. The molecule has 0 amide bonds. The van der Waals surface area contributed by atoms with Crippen molar-refractivity contribution in [2.45, 2.75) is 30.9 Å². The Bertz CT molecular complexity index is 841. The first-order valence-corrected chi connectivity index (χ1v) is 18.2. The molecule has 0 N–H and O–H groups in total. The third-order valence-corrected chi connectivity index (χ3v) is 27.9. The van der Waals surface area contributed by atoms with Crippen LogP contribution in [0.15, 0.2) is 91.0 Å². The van der Waals surface area contributed by atoms with E-state index in [9.17, 15) is 4.57 Å². The van der Waals surface area contributed by atoms with Crippen LogP contribution in [0.4, 0.5) is 0 Å². The van der Waals surface area contributed by atoms with E-state index in [1.807, 2.05) is 32.0 Å². The maximum absolute atomic E-state index is 14.3. The van der Waals surface area contributed by atoms with Gasteiger partial charge in [-0.3, -0.25) is 0 Å². The van der Waals surface area contributed by atoms with Crippen molar-refractivity contribution in [3.05, 3.63) is 91.0 Å². The van der Waals surface area contributed by atoms with E-state index in [4.69, 9.17) is 9.05 Å². The molecule has 3 nitrogen and oxygen atoms in total. The number of benzene rings is 3. The first-order chi connectivity index (χ1) is 14.6. The van der Waals surface area contributed by atoms with Crippen molar-refractivity contribution in [2.75, 3.05) is 13.2 Å². The van der Waals surface area contributed by atoms with E-state index < -0.39 is 26.0 Å². The summed E-state index contributed by atoms with van der Waals surface area (Å²) in [5, 5.41) is 0. The average molecular weight is 529 g/mol. The van der Waals surface area contributed by atoms with Crippen molar-refractivity contribution < 1.29 is 13.6 Å². The van der Waals surface area contributed by atoms with Crippen molar-refractivity contribution in [2.24, 2.45) is 0 Å². The molecule has 3 aromatic rings. The van der Waals surface area contributed by atoms with Crippen LogP contribution in [-0.2, 0) is 13.6 Å². The summed E-state index contributed by atoms with van der Waals surface area (Å²) in [4.78, 5) is 0. The number of hydrogen-bond acceptors (Lipinski definition) is 3. The van der Waals surface area contributed by atoms with Crippen molar-refractivity contribution in [1.29, 1.82) is 0 Å². The first-order valence-electron chi connectivity index (χ1n) is 10.7. The Morgan fingerprint density at radius 1 is 0.667 bits per heavy atom. The predicted molar refractivity (Wildman–Crippen MR) is 129 cm³/mol. The molecule has 0 saturated carbocycles. The van der Waals surface area contributed by atoms with Crippen molar-refractivity contribution >= 4 is 36.7 Å². The second kappa shape index (κ2) is 10.8. The number of rotatable bonds is 10. The summed E-state index contributed by atoms with van der Waals surface area (Å²) in [5.41, 5.74) is 0. The van der Waals surface area contributed by atoms with Crippen LogP contribution < -0.4 is 10.7 Å². The SMILES string of the molecule is CCOP(=O)(OCC)[CH](CC)[Sn]([c]1ccccc1)([c]1ccccc1)[c]1ccccc1. The monoisotopic (exact) mass is 530 g/mol. The standard InChI is InChI=1S/C7H16O3P.3C6H5.Sn/c1-4-7-11(8,9-5-2)10-6-3;3*1-2-4-6-5-3-1;/h7H,4-6H2,1-3H3;3*1-5H;. The van der Waals surface area contributed by atoms with Crippen molar-refractivity contribution in [1.82, 2.24) is 0 Å². The van der Waals surface area contributed by atoms with Crippen LogP contribution in [0.3, 0.4) is 0 Å². The molecule has 0 aliphatic heterocycles. The van der Waals surface area contributed by atoms with E-state index >= 15 is 0 Å². The quantitative estimate of drug-likeness (QED) is 0.281. The molecular formula is C25H31O3PSn. The summed E-state index contributed by atoms with van der Waals surface area (Å²) in [7, 11) is -3.35. The molecule has 0 heterocycles. The predicted octanol–water partition coefficient (Wildman–Crippen LogP) is 4.74. The van der Waals surface area contributed by atoms with Gasteiger partial charge in [0.05, 0.1) is 0 Å². The molecule has 0 aliphatic carbocycles. The van der Waals surface area contributed by atoms with E-state index in [-0.39, 0.29) is 3.67 Å². The van der Waals surface area contributed by atoms with Crippen LogP contribution in [0.25, 0.3) is 0 Å². The molecule has 5 heteroatoms.